The van der Waals surface area contributed by atoms with E-state index in [0.29, 0.717) is 11.4 Å². The molecule has 1 fully saturated rings. The van der Waals surface area contributed by atoms with Crippen molar-refractivity contribution in [3.8, 4) is 0 Å². The van der Waals surface area contributed by atoms with Gasteiger partial charge in [-0.3, -0.25) is 14.5 Å². The summed E-state index contributed by atoms with van der Waals surface area (Å²) in [7, 11) is 1.28. The molecule has 4 heterocycles. The number of aliphatic carboxylic acids is 1. The third-order valence-electron chi connectivity index (χ3n) is 5.38. The van der Waals surface area contributed by atoms with Crippen LogP contribution in [0.3, 0.4) is 0 Å². The molecule has 172 valence electrons. The Labute approximate surface area is 196 Å². The van der Waals surface area contributed by atoms with E-state index in [-0.39, 0.29) is 22.2 Å². The van der Waals surface area contributed by atoms with Crippen LogP contribution in [0, 0.1) is 6.92 Å². The van der Waals surface area contributed by atoms with E-state index in [1.165, 1.54) is 23.8 Å². The Bertz CT molecular complexity index is 1230. The van der Waals surface area contributed by atoms with E-state index >= 15 is 0 Å². The molecule has 1 saturated heterocycles. The predicted octanol–water partition coefficient (Wildman–Crippen LogP) is 0.415. The highest BCUT2D eigenvalue weighted by Gasteiger charge is 2.64. The minimum Gasteiger partial charge on any atom is -0.476 e. The topological polar surface area (TPSA) is 151 Å². The Kier molecular flexibility index (Phi) is 5.84. The summed E-state index contributed by atoms with van der Waals surface area (Å²) in [5.41, 5.74) is 5.60. The van der Waals surface area contributed by atoms with Crippen molar-refractivity contribution in [1.29, 1.82) is 0 Å². The van der Waals surface area contributed by atoms with E-state index in [1.807, 2.05) is 19.1 Å². The number of fused-ring (bicyclic) bond motifs is 1. The number of hydrogen-bond acceptors (Lipinski definition) is 9. The molecule has 2 atom stereocenters. The lowest BCUT2D eigenvalue weighted by molar-refractivity contribution is -0.589. The van der Waals surface area contributed by atoms with E-state index in [1.54, 1.807) is 29.1 Å². The van der Waals surface area contributed by atoms with Gasteiger partial charge in [-0.05, 0) is 6.92 Å². The van der Waals surface area contributed by atoms with Gasteiger partial charge in [-0.2, -0.15) is 4.57 Å². The molecular formula is C20H21N6O5S2+. The number of carboxylic acid groups (broad SMARTS) is 1. The molecule has 2 aliphatic rings. The van der Waals surface area contributed by atoms with Crippen molar-refractivity contribution in [3.05, 3.63) is 46.9 Å². The first-order valence-corrected chi connectivity index (χ1v) is 11.7. The molecule has 33 heavy (non-hydrogen) atoms. The normalized spacial score (nSPS) is 22.5. The van der Waals surface area contributed by atoms with E-state index in [9.17, 15) is 19.5 Å². The summed E-state index contributed by atoms with van der Waals surface area (Å²) in [5, 5.41) is 17.6. The summed E-state index contributed by atoms with van der Waals surface area (Å²) in [6.45, 7) is 3.42. The summed E-state index contributed by atoms with van der Waals surface area (Å²) in [6.07, 6.45) is 1.76. The van der Waals surface area contributed by atoms with Crippen LogP contribution in [0.4, 0.5) is 5.13 Å². The number of aromatic nitrogens is 2. The van der Waals surface area contributed by atoms with Crippen molar-refractivity contribution in [2.75, 3.05) is 18.6 Å². The Balaban J connectivity index is 1.65. The standard InChI is InChI=1S/C20H20N6O5S2/c1-10-6-4-5-7-25(10)12-9-32-18-20(2,17(30)26(18)14(12)16(28)29)23-15(27)13(24-31-3)11-8-33-19(21)22-11/h4-8,18H,9H2,1-3H3,(H3-,21,22,23,27,28,29)/p+1/b24-13-/t18-,20+/m0/s1. The molecule has 2 aromatic rings. The number of aryl methyl sites for hydroxylation is 1. The van der Waals surface area contributed by atoms with E-state index < -0.39 is 28.7 Å². The summed E-state index contributed by atoms with van der Waals surface area (Å²) < 4.78 is 1.75. The average molecular weight is 490 g/mol. The Morgan fingerprint density at radius 3 is 2.82 bits per heavy atom. The molecule has 0 unspecified atom stereocenters. The van der Waals surface area contributed by atoms with Crippen LogP contribution in [0.2, 0.25) is 0 Å². The zero-order valence-electron chi connectivity index (χ0n) is 17.9. The highest BCUT2D eigenvalue weighted by molar-refractivity contribution is 8.00. The molecular weight excluding hydrogens is 468 g/mol. The number of thiazole rings is 1. The van der Waals surface area contributed by atoms with E-state index in [4.69, 9.17) is 10.6 Å². The fourth-order valence-electron chi connectivity index (χ4n) is 3.82. The Hall–Kier alpha value is -3.45. The molecule has 11 nitrogen and oxygen atoms in total. The van der Waals surface area contributed by atoms with Crippen molar-refractivity contribution >= 4 is 57.4 Å². The highest BCUT2D eigenvalue weighted by Crippen LogP contribution is 2.46. The van der Waals surface area contributed by atoms with Gasteiger partial charge in [0.1, 0.15) is 23.7 Å². The molecule has 0 radical (unpaired) electrons. The second-order valence-corrected chi connectivity index (χ2v) is 9.46. The van der Waals surface area contributed by atoms with Crippen LogP contribution in [-0.2, 0) is 19.2 Å². The van der Waals surface area contributed by atoms with Crippen LogP contribution >= 0.6 is 23.1 Å². The van der Waals surface area contributed by atoms with Crippen LogP contribution in [0.5, 0.6) is 0 Å². The smallest absolute Gasteiger partial charge is 0.359 e. The zero-order valence-corrected chi connectivity index (χ0v) is 19.6. The van der Waals surface area contributed by atoms with Crippen molar-refractivity contribution in [2.24, 2.45) is 5.16 Å². The molecule has 0 aliphatic carbocycles. The number of pyridine rings is 1. The first kappa shape index (κ1) is 22.7. The number of oxime groups is 1. The van der Waals surface area contributed by atoms with Crippen LogP contribution in [0.15, 0.2) is 40.6 Å². The number of thioether (sulfide) groups is 1. The van der Waals surface area contributed by atoms with Crippen molar-refractivity contribution in [1.82, 2.24) is 15.2 Å². The number of carboxylic acids is 1. The molecule has 2 aliphatic heterocycles. The third-order valence-corrected chi connectivity index (χ3v) is 7.49. The minimum absolute atomic E-state index is 0.104. The quantitative estimate of drug-likeness (QED) is 0.229. The lowest BCUT2D eigenvalue weighted by atomic mass is 9.88. The molecule has 2 aromatic heterocycles. The van der Waals surface area contributed by atoms with Gasteiger partial charge in [0.2, 0.25) is 5.70 Å². The van der Waals surface area contributed by atoms with Gasteiger partial charge in [0.25, 0.3) is 11.8 Å². The fourth-order valence-corrected chi connectivity index (χ4v) is 5.81. The molecule has 0 aromatic carbocycles. The summed E-state index contributed by atoms with van der Waals surface area (Å²) in [4.78, 5) is 48.5. The largest absolute Gasteiger partial charge is 0.476 e. The van der Waals surface area contributed by atoms with Gasteiger partial charge >= 0.3 is 5.97 Å². The maximum absolute atomic E-state index is 13.2. The summed E-state index contributed by atoms with van der Waals surface area (Å²) in [5.74, 6) is -2.10. The molecule has 0 bridgehead atoms. The van der Waals surface area contributed by atoms with E-state index in [0.717, 1.165) is 17.0 Å². The second kappa shape index (κ2) is 8.48. The number of nitrogens with zero attached hydrogens (tertiary/aromatic N) is 4. The number of carbonyl (C=O) groups is 3. The first-order valence-electron chi connectivity index (χ1n) is 9.73. The Morgan fingerprint density at radius 1 is 1.45 bits per heavy atom. The molecule has 0 spiro atoms. The molecule has 0 saturated carbocycles. The maximum atomic E-state index is 13.2. The maximum Gasteiger partial charge on any atom is 0.359 e. The number of hydrogen-bond donors (Lipinski definition) is 3. The number of amides is 2. The average Bonchev–Trinajstić information content (AvgIpc) is 3.22. The van der Waals surface area contributed by atoms with Crippen LogP contribution in [-0.4, -0.2) is 62.3 Å². The number of nitrogen functional groups attached to an aromatic ring is 1. The first-order chi connectivity index (χ1) is 15.7. The van der Waals surface area contributed by atoms with Crippen molar-refractivity contribution in [2.45, 2.75) is 24.8 Å². The van der Waals surface area contributed by atoms with Crippen LogP contribution in [0.1, 0.15) is 18.3 Å². The van der Waals surface area contributed by atoms with Gasteiger partial charge in [0, 0.05) is 24.4 Å². The molecule has 4 N–H and O–H groups in total. The molecule has 13 heteroatoms. The van der Waals surface area contributed by atoms with Gasteiger partial charge in [0.05, 0.1) is 5.75 Å². The molecule has 2 amide bonds. The van der Waals surface area contributed by atoms with Gasteiger partial charge in [-0.25, -0.2) is 9.78 Å². The van der Waals surface area contributed by atoms with Gasteiger partial charge in [0.15, 0.2) is 28.4 Å². The monoisotopic (exact) mass is 489 g/mol. The third kappa shape index (κ3) is 3.72. The van der Waals surface area contributed by atoms with Crippen LogP contribution < -0.4 is 15.6 Å². The lowest BCUT2D eigenvalue weighted by Crippen LogP contribution is -2.79. The minimum atomic E-state index is -1.35. The lowest BCUT2D eigenvalue weighted by Gasteiger charge is -2.54. The number of nitrogens with two attached hydrogens (primary N) is 1. The van der Waals surface area contributed by atoms with Crippen molar-refractivity contribution in [3.63, 3.8) is 0 Å². The van der Waals surface area contributed by atoms with Crippen LogP contribution in [0.25, 0.3) is 5.70 Å². The SMILES string of the molecule is CO/N=C(\C(=O)N[C@]1(C)C(=O)N2C(C(=O)O)=C([n+]3ccccc3C)CS[C@H]21)c1csc(N)n1. The number of nitrogens with one attached hydrogen (secondary N) is 1. The predicted molar refractivity (Wildman–Crippen MR) is 122 cm³/mol. The number of carbonyl (C=O) groups excluding carboxylic acids is 2. The van der Waals surface area contributed by atoms with Crippen molar-refractivity contribution < 1.29 is 28.9 Å². The molecule has 4 rings (SSSR count). The fraction of sp³-hybridized carbons (Fsp3) is 0.300. The number of β-lactam (4-membered cyclic amide) rings is 1. The van der Waals surface area contributed by atoms with Gasteiger partial charge in [-0.1, -0.05) is 11.2 Å². The number of anilines is 1. The van der Waals surface area contributed by atoms with Gasteiger partial charge < -0.3 is 21.0 Å². The highest BCUT2D eigenvalue weighted by atomic mass is 32.2. The zero-order chi connectivity index (χ0) is 23.9. The second-order valence-electron chi connectivity index (χ2n) is 7.50. The summed E-state index contributed by atoms with van der Waals surface area (Å²) in [6, 6.07) is 5.50. The number of rotatable bonds is 6. The van der Waals surface area contributed by atoms with E-state index in [2.05, 4.69) is 15.5 Å². The Morgan fingerprint density at radius 2 is 2.21 bits per heavy atom. The van der Waals surface area contributed by atoms with Gasteiger partial charge in [-0.15, -0.1) is 23.1 Å². The summed E-state index contributed by atoms with van der Waals surface area (Å²) >= 11 is 2.50.